The first-order valence-corrected chi connectivity index (χ1v) is 11.1. The van der Waals surface area contributed by atoms with Crippen LogP contribution >= 0.6 is 0 Å². The first kappa shape index (κ1) is 21.5. The minimum absolute atomic E-state index is 0.0238. The zero-order valence-electron chi connectivity index (χ0n) is 17.9. The summed E-state index contributed by atoms with van der Waals surface area (Å²) >= 11 is 0. The normalized spacial score (nSPS) is 17.7. The van der Waals surface area contributed by atoms with E-state index >= 15 is 0 Å². The fourth-order valence-electron chi connectivity index (χ4n) is 4.11. The Morgan fingerprint density at radius 2 is 1.65 bits per heavy atom. The summed E-state index contributed by atoms with van der Waals surface area (Å²) in [4.78, 5) is 35.1. The molecule has 0 radical (unpaired) electrons. The fourth-order valence-corrected chi connectivity index (χ4v) is 4.11. The Morgan fingerprint density at radius 1 is 0.935 bits per heavy atom. The van der Waals surface area contributed by atoms with Gasteiger partial charge in [0.05, 0.1) is 13.1 Å². The number of amides is 2. The van der Waals surface area contributed by atoms with Gasteiger partial charge in [0.25, 0.3) is 0 Å². The molecule has 1 aromatic carbocycles. The van der Waals surface area contributed by atoms with Gasteiger partial charge in [0, 0.05) is 57.9 Å². The molecule has 2 saturated heterocycles. The quantitative estimate of drug-likeness (QED) is 0.676. The van der Waals surface area contributed by atoms with Gasteiger partial charge in [-0.1, -0.05) is 12.1 Å². The lowest BCUT2D eigenvalue weighted by molar-refractivity contribution is -0.131. The molecule has 1 N–H and O–H groups in total. The largest absolute Gasteiger partial charge is 0.342 e. The lowest BCUT2D eigenvalue weighted by Gasteiger charge is -2.34. The minimum atomic E-state index is 0.0238. The van der Waals surface area contributed by atoms with Gasteiger partial charge in [-0.25, -0.2) is 9.67 Å². The molecule has 2 amide bonds. The van der Waals surface area contributed by atoms with Crippen LogP contribution in [0.2, 0.25) is 0 Å². The second-order valence-electron chi connectivity index (χ2n) is 8.29. The lowest BCUT2D eigenvalue weighted by Crippen LogP contribution is -2.50. The van der Waals surface area contributed by atoms with Gasteiger partial charge in [-0.2, -0.15) is 5.10 Å². The van der Waals surface area contributed by atoms with Crippen molar-refractivity contribution >= 4 is 17.5 Å². The maximum absolute atomic E-state index is 12.3. The number of nitrogens with one attached hydrogen (secondary N) is 1. The van der Waals surface area contributed by atoms with Crippen molar-refractivity contribution in [1.82, 2.24) is 29.5 Å². The molecule has 0 aliphatic carbocycles. The predicted molar refractivity (Wildman–Crippen MR) is 118 cm³/mol. The third-order valence-electron chi connectivity index (χ3n) is 5.99. The highest BCUT2D eigenvalue weighted by Crippen LogP contribution is 2.12. The molecule has 9 nitrogen and oxygen atoms in total. The van der Waals surface area contributed by atoms with Gasteiger partial charge in [0.2, 0.25) is 11.8 Å². The maximum atomic E-state index is 12.3. The smallest absolute Gasteiger partial charge is 0.236 e. The van der Waals surface area contributed by atoms with E-state index in [9.17, 15) is 9.59 Å². The maximum Gasteiger partial charge on any atom is 0.236 e. The minimum Gasteiger partial charge on any atom is -0.342 e. The molecule has 3 heterocycles. The Morgan fingerprint density at radius 3 is 2.32 bits per heavy atom. The van der Waals surface area contributed by atoms with Crippen LogP contribution in [0.15, 0.2) is 36.9 Å². The summed E-state index contributed by atoms with van der Waals surface area (Å²) in [6, 6.07) is 7.81. The number of carbonyl (C=O) groups excluding carboxylic acids is 2. The van der Waals surface area contributed by atoms with Crippen molar-refractivity contribution in [3.05, 3.63) is 42.5 Å². The molecule has 2 aliphatic heterocycles. The third-order valence-corrected chi connectivity index (χ3v) is 5.99. The molecule has 0 unspecified atom stereocenters. The summed E-state index contributed by atoms with van der Waals surface area (Å²) < 4.78 is 1.76. The van der Waals surface area contributed by atoms with E-state index in [0.717, 1.165) is 69.9 Å². The first-order chi connectivity index (χ1) is 15.2. The van der Waals surface area contributed by atoms with E-state index < -0.39 is 0 Å². The second-order valence-corrected chi connectivity index (χ2v) is 8.29. The van der Waals surface area contributed by atoms with Crippen molar-refractivity contribution in [2.75, 3.05) is 57.7 Å². The number of benzene rings is 1. The molecule has 0 saturated carbocycles. The number of hydrogen-bond acceptors (Lipinski definition) is 6. The molecule has 31 heavy (non-hydrogen) atoms. The van der Waals surface area contributed by atoms with Gasteiger partial charge in [-0.15, -0.1) is 0 Å². The highest BCUT2D eigenvalue weighted by molar-refractivity contribution is 5.90. The Bertz CT molecular complexity index is 839. The van der Waals surface area contributed by atoms with E-state index in [1.54, 1.807) is 11.0 Å². The van der Waals surface area contributed by atoms with Crippen LogP contribution in [0.1, 0.15) is 24.8 Å². The van der Waals surface area contributed by atoms with Gasteiger partial charge in [0.15, 0.2) is 0 Å². The standard InChI is InChI=1S/C22H31N7O2/c30-21(25-20-5-3-19(4-6-20)15-29-18-23-17-24-29)7-10-26-11-13-27(14-12-26)16-22(31)28-8-1-2-9-28/h3-6,17-18H,1-2,7-16H2,(H,25,30). The summed E-state index contributed by atoms with van der Waals surface area (Å²) in [5, 5.41) is 7.07. The molecule has 9 heteroatoms. The average molecular weight is 426 g/mol. The molecule has 0 atom stereocenters. The molecule has 2 aromatic rings. The first-order valence-electron chi connectivity index (χ1n) is 11.1. The van der Waals surface area contributed by atoms with Crippen molar-refractivity contribution in [2.24, 2.45) is 0 Å². The van der Waals surface area contributed by atoms with Gasteiger partial charge in [-0.05, 0) is 30.5 Å². The molecule has 0 bridgehead atoms. The molecule has 166 valence electrons. The molecule has 2 fully saturated rings. The molecule has 1 aromatic heterocycles. The van der Waals surface area contributed by atoms with Gasteiger partial charge >= 0.3 is 0 Å². The number of rotatable bonds is 8. The number of hydrogen-bond donors (Lipinski definition) is 1. The van der Waals surface area contributed by atoms with Crippen molar-refractivity contribution in [2.45, 2.75) is 25.8 Å². The second kappa shape index (κ2) is 10.5. The number of nitrogens with zero attached hydrogens (tertiary/aromatic N) is 6. The van der Waals surface area contributed by atoms with Gasteiger partial charge in [0.1, 0.15) is 12.7 Å². The van der Waals surface area contributed by atoms with Crippen molar-refractivity contribution in [1.29, 1.82) is 0 Å². The Kier molecular flexibility index (Phi) is 7.26. The van der Waals surface area contributed by atoms with Crippen LogP contribution in [0.4, 0.5) is 5.69 Å². The topological polar surface area (TPSA) is 86.6 Å². The lowest BCUT2D eigenvalue weighted by atomic mass is 10.2. The van der Waals surface area contributed by atoms with Crippen LogP contribution in [-0.2, 0) is 16.1 Å². The van der Waals surface area contributed by atoms with E-state index in [4.69, 9.17) is 0 Å². The highest BCUT2D eigenvalue weighted by atomic mass is 16.2. The molecular weight excluding hydrogens is 394 g/mol. The van der Waals surface area contributed by atoms with E-state index in [0.29, 0.717) is 19.5 Å². The van der Waals surface area contributed by atoms with Crippen LogP contribution in [0.25, 0.3) is 0 Å². The van der Waals surface area contributed by atoms with E-state index in [2.05, 4.69) is 25.2 Å². The predicted octanol–water partition coefficient (Wildman–Crippen LogP) is 0.895. The Balaban J connectivity index is 1.13. The number of anilines is 1. The van der Waals surface area contributed by atoms with E-state index in [1.165, 1.54) is 6.33 Å². The zero-order chi connectivity index (χ0) is 21.5. The summed E-state index contributed by atoms with van der Waals surface area (Å²) in [5.74, 6) is 0.285. The third kappa shape index (κ3) is 6.35. The summed E-state index contributed by atoms with van der Waals surface area (Å²) in [6.45, 7) is 7.32. The fraction of sp³-hybridized carbons (Fsp3) is 0.545. The zero-order valence-corrected chi connectivity index (χ0v) is 17.9. The van der Waals surface area contributed by atoms with Crippen LogP contribution in [0, 0.1) is 0 Å². The van der Waals surface area contributed by atoms with Gasteiger partial charge < -0.3 is 15.1 Å². The van der Waals surface area contributed by atoms with Crippen molar-refractivity contribution < 1.29 is 9.59 Å². The van der Waals surface area contributed by atoms with E-state index in [-0.39, 0.29) is 11.8 Å². The molecule has 2 aliphatic rings. The van der Waals surface area contributed by atoms with Crippen LogP contribution in [-0.4, -0.2) is 93.6 Å². The SMILES string of the molecule is O=C(CCN1CCN(CC(=O)N2CCCC2)CC1)Nc1ccc(Cn2cncn2)cc1. The van der Waals surface area contributed by atoms with Crippen LogP contribution in [0.3, 0.4) is 0 Å². The monoisotopic (exact) mass is 425 g/mol. The number of aromatic nitrogens is 3. The van der Waals surface area contributed by atoms with Crippen LogP contribution < -0.4 is 5.32 Å². The number of carbonyl (C=O) groups is 2. The Labute approximate surface area is 183 Å². The summed E-state index contributed by atoms with van der Waals surface area (Å²) in [7, 11) is 0. The average Bonchev–Trinajstić information content (AvgIpc) is 3.49. The molecule has 0 spiro atoms. The summed E-state index contributed by atoms with van der Waals surface area (Å²) in [6.07, 6.45) is 5.93. The van der Waals surface area contributed by atoms with Crippen LogP contribution in [0.5, 0.6) is 0 Å². The number of likely N-dealkylation sites (tertiary alicyclic amines) is 1. The Hall–Kier alpha value is -2.78. The highest BCUT2D eigenvalue weighted by Gasteiger charge is 2.23. The van der Waals surface area contributed by atoms with Gasteiger partial charge in [-0.3, -0.25) is 14.5 Å². The summed E-state index contributed by atoms with van der Waals surface area (Å²) in [5.41, 5.74) is 1.90. The van der Waals surface area contributed by atoms with E-state index in [1.807, 2.05) is 29.2 Å². The number of piperazine rings is 1. The van der Waals surface area contributed by atoms with Crippen molar-refractivity contribution in [3.8, 4) is 0 Å². The van der Waals surface area contributed by atoms with Crippen molar-refractivity contribution in [3.63, 3.8) is 0 Å². The molecular formula is C22H31N7O2. The molecule has 4 rings (SSSR count).